The molecule has 108 valence electrons. The number of ether oxygens (including phenoxy) is 1. The van der Waals surface area contributed by atoms with Crippen LogP contribution in [0.25, 0.3) is 0 Å². The zero-order chi connectivity index (χ0) is 13.8. The molecule has 0 aliphatic heterocycles. The van der Waals surface area contributed by atoms with Gasteiger partial charge in [-0.15, -0.1) is 12.4 Å². The van der Waals surface area contributed by atoms with Gasteiger partial charge in [0.2, 0.25) is 0 Å². The Kier molecular flexibility index (Phi) is 6.72. The fourth-order valence-electron chi connectivity index (χ4n) is 1.22. The predicted octanol–water partition coefficient (Wildman–Crippen LogP) is 2.18. The summed E-state index contributed by atoms with van der Waals surface area (Å²) in [4.78, 5) is 11.8. The molecule has 0 fully saturated rings. The molecular formula is C12H17ClF2N2O2. The van der Waals surface area contributed by atoms with Gasteiger partial charge in [-0.2, -0.15) is 8.78 Å². The number of benzene rings is 1. The van der Waals surface area contributed by atoms with Crippen LogP contribution in [0.4, 0.5) is 8.78 Å². The average molecular weight is 295 g/mol. The molecule has 19 heavy (non-hydrogen) atoms. The van der Waals surface area contributed by atoms with Crippen LogP contribution in [0.1, 0.15) is 24.2 Å². The van der Waals surface area contributed by atoms with Gasteiger partial charge in [0, 0.05) is 17.6 Å². The average Bonchev–Trinajstić information content (AvgIpc) is 2.28. The minimum atomic E-state index is -2.87. The third-order valence-corrected chi connectivity index (χ3v) is 2.30. The van der Waals surface area contributed by atoms with E-state index in [1.807, 2.05) is 0 Å². The van der Waals surface area contributed by atoms with Gasteiger partial charge in [0.25, 0.3) is 5.91 Å². The molecular weight excluding hydrogens is 278 g/mol. The van der Waals surface area contributed by atoms with Crippen LogP contribution in [0.15, 0.2) is 24.3 Å². The van der Waals surface area contributed by atoms with Crippen LogP contribution < -0.4 is 15.8 Å². The van der Waals surface area contributed by atoms with E-state index in [0.29, 0.717) is 12.1 Å². The molecule has 0 aromatic heterocycles. The van der Waals surface area contributed by atoms with Crippen LogP contribution in [0, 0.1) is 0 Å². The number of carbonyl (C=O) groups excluding carboxylic acids is 1. The van der Waals surface area contributed by atoms with E-state index in [-0.39, 0.29) is 24.1 Å². The van der Waals surface area contributed by atoms with Gasteiger partial charge in [0.05, 0.1) is 0 Å². The first-order valence-electron chi connectivity index (χ1n) is 5.41. The van der Waals surface area contributed by atoms with Gasteiger partial charge < -0.3 is 15.8 Å². The molecule has 0 bridgehead atoms. The van der Waals surface area contributed by atoms with Crippen LogP contribution in [0.3, 0.4) is 0 Å². The minimum absolute atomic E-state index is 0. The van der Waals surface area contributed by atoms with Crippen molar-refractivity contribution in [3.05, 3.63) is 29.8 Å². The van der Waals surface area contributed by atoms with Gasteiger partial charge in [-0.05, 0) is 38.1 Å². The maximum atomic E-state index is 11.9. The molecule has 0 radical (unpaired) electrons. The van der Waals surface area contributed by atoms with Gasteiger partial charge in [-0.3, -0.25) is 4.79 Å². The van der Waals surface area contributed by atoms with Crippen molar-refractivity contribution in [1.82, 2.24) is 5.32 Å². The standard InChI is InChI=1S/C12H16F2N2O2.ClH/c1-12(2,7-15)16-10(17)8-3-5-9(6-4-8)18-11(13)14;/h3-6,11H,7,15H2,1-2H3,(H,16,17);1H. The normalized spacial score (nSPS) is 10.8. The SMILES string of the molecule is CC(C)(CN)NC(=O)c1ccc(OC(F)F)cc1.Cl. The molecule has 1 aromatic carbocycles. The molecule has 0 heterocycles. The van der Waals surface area contributed by atoms with Crippen LogP contribution in [-0.2, 0) is 0 Å². The van der Waals surface area contributed by atoms with Crippen LogP contribution in [-0.4, -0.2) is 24.6 Å². The summed E-state index contributed by atoms with van der Waals surface area (Å²) in [6.07, 6.45) is 0. The van der Waals surface area contributed by atoms with Crippen molar-refractivity contribution in [2.24, 2.45) is 5.73 Å². The Hall–Kier alpha value is -1.40. The van der Waals surface area contributed by atoms with E-state index in [4.69, 9.17) is 5.73 Å². The lowest BCUT2D eigenvalue weighted by Crippen LogP contribution is -2.48. The molecule has 0 saturated heterocycles. The van der Waals surface area contributed by atoms with Gasteiger partial charge in [0.1, 0.15) is 5.75 Å². The number of hydrogen-bond donors (Lipinski definition) is 2. The fraction of sp³-hybridized carbons (Fsp3) is 0.417. The Morgan fingerprint density at radius 2 is 1.89 bits per heavy atom. The lowest BCUT2D eigenvalue weighted by Gasteiger charge is -2.24. The molecule has 4 nitrogen and oxygen atoms in total. The van der Waals surface area contributed by atoms with E-state index in [1.165, 1.54) is 24.3 Å². The van der Waals surface area contributed by atoms with Crippen LogP contribution in [0.2, 0.25) is 0 Å². The second kappa shape index (κ2) is 7.25. The largest absolute Gasteiger partial charge is 0.435 e. The summed E-state index contributed by atoms with van der Waals surface area (Å²) in [5, 5.41) is 2.73. The van der Waals surface area contributed by atoms with Crippen molar-refractivity contribution >= 4 is 18.3 Å². The van der Waals surface area contributed by atoms with Crippen molar-refractivity contribution < 1.29 is 18.3 Å². The Morgan fingerprint density at radius 1 is 1.37 bits per heavy atom. The Labute approximate surface area is 116 Å². The minimum Gasteiger partial charge on any atom is -0.435 e. The highest BCUT2D eigenvalue weighted by Gasteiger charge is 2.19. The van der Waals surface area contributed by atoms with Crippen molar-refractivity contribution in [2.75, 3.05) is 6.54 Å². The maximum absolute atomic E-state index is 11.9. The molecule has 0 saturated carbocycles. The number of nitrogens with two attached hydrogens (primary N) is 1. The number of rotatable bonds is 5. The predicted molar refractivity (Wildman–Crippen MR) is 70.9 cm³/mol. The summed E-state index contributed by atoms with van der Waals surface area (Å²) >= 11 is 0. The first kappa shape index (κ1) is 17.6. The Morgan fingerprint density at radius 3 is 2.32 bits per heavy atom. The summed E-state index contributed by atoms with van der Waals surface area (Å²) in [5.74, 6) is -0.298. The topological polar surface area (TPSA) is 64.3 Å². The summed E-state index contributed by atoms with van der Waals surface area (Å²) < 4.78 is 28.1. The number of amides is 1. The highest BCUT2D eigenvalue weighted by atomic mass is 35.5. The highest BCUT2D eigenvalue weighted by molar-refractivity contribution is 5.94. The Bertz CT molecular complexity index is 411. The van der Waals surface area contributed by atoms with E-state index in [1.54, 1.807) is 13.8 Å². The monoisotopic (exact) mass is 294 g/mol. The zero-order valence-electron chi connectivity index (χ0n) is 10.7. The smallest absolute Gasteiger partial charge is 0.387 e. The summed E-state index contributed by atoms with van der Waals surface area (Å²) in [7, 11) is 0. The molecule has 0 aliphatic carbocycles. The van der Waals surface area contributed by atoms with Gasteiger partial charge in [-0.1, -0.05) is 0 Å². The van der Waals surface area contributed by atoms with Gasteiger partial charge >= 0.3 is 6.61 Å². The molecule has 7 heteroatoms. The Balaban J connectivity index is 0.00000324. The van der Waals surface area contributed by atoms with Gasteiger partial charge in [-0.25, -0.2) is 0 Å². The molecule has 0 atom stereocenters. The van der Waals surface area contributed by atoms with Crippen molar-refractivity contribution in [3.63, 3.8) is 0 Å². The summed E-state index contributed by atoms with van der Waals surface area (Å²) in [6, 6.07) is 5.46. The number of hydrogen-bond acceptors (Lipinski definition) is 3. The molecule has 3 N–H and O–H groups in total. The third kappa shape index (κ3) is 5.85. The number of alkyl halides is 2. The van der Waals surface area contributed by atoms with Crippen molar-refractivity contribution in [1.29, 1.82) is 0 Å². The second-order valence-corrected chi connectivity index (χ2v) is 4.45. The van der Waals surface area contributed by atoms with E-state index in [0.717, 1.165) is 0 Å². The van der Waals surface area contributed by atoms with Crippen molar-refractivity contribution in [3.8, 4) is 5.75 Å². The number of halogens is 3. The van der Waals surface area contributed by atoms with E-state index < -0.39 is 12.2 Å². The van der Waals surface area contributed by atoms with Gasteiger partial charge in [0.15, 0.2) is 0 Å². The summed E-state index contributed by atoms with van der Waals surface area (Å²) in [6.45, 7) is 1.00. The first-order chi connectivity index (χ1) is 8.34. The molecule has 1 rings (SSSR count). The molecule has 0 unspecified atom stereocenters. The van der Waals surface area contributed by atoms with Crippen LogP contribution in [0.5, 0.6) is 5.75 Å². The zero-order valence-corrected chi connectivity index (χ0v) is 11.5. The van der Waals surface area contributed by atoms with E-state index >= 15 is 0 Å². The van der Waals surface area contributed by atoms with Crippen LogP contribution >= 0.6 is 12.4 Å². The van der Waals surface area contributed by atoms with Crippen molar-refractivity contribution in [2.45, 2.75) is 26.0 Å². The molecule has 1 aromatic rings. The lowest BCUT2D eigenvalue weighted by atomic mass is 10.1. The van der Waals surface area contributed by atoms with E-state index in [2.05, 4.69) is 10.1 Å². The first-order valence-corrected chi connectivity index (χ1v) is 5.41. The molecule has 1 amide bonds. The summed E-state index contributed by atoms with van der Waals surface area (Å²) in [5.41, 5.74) is 5.33. The molecule has 0 aliphatic rings. The fourth-order valence-corrected chi connectivity index (χ4v) is 1.22. The quantitative estimate of drug-likeness (QED) is 0.875. The van der Waals surface area contributed by atoms with E-state index in [9.17, 15) is 13.6 Å². The second-order valence-electron chi connectivity index (χ2n) is 4.45. The number of carbonyl (C=O) groups is 1. The lowest BCUT2D eigenvalue weighted by molar-refractivity contribution is -0.0498. The maximum Gasteiger partial charge on any atom is 0.387 e. The molecule has 0 spiro atoms. The third-order valence-electron chi connectivity index (χ3n) is 2.30. The highest BCUT2D eigenvalue weighted by Crippen LogP contribution is 2.15. The number of nitrogens with one attached hydrogen (secondary N) is 1.